The Labute approximate surface area is 144 Å². The van der Waals surface area contributed by atoms with Crippen molar-refractivity contribution in [3.63, 3.8) is 0 Å². The van der Waals surface area contributed by atoms with E-state index in [9.17, 15) is 14.4 Å². The molecule has 1 heterocycles. The van der Waals surface area contributed by atoms with Crippen molar-refractivity contribution in [2.24, 2.45) is 0 Å². The number of nitrogens with zero attached hydrogens (tertiary/aromatic N) is 1. The largest absolute Gasteiger partial charge is 0.465 e. The molecule has 1 saturated heterocycles. The second-order valence-electron chi connectivity index (χ2n) is 5.03. The van der Waals surface area contributed by atoms with Crippen LogP contribution in [-0.4, -0.2) is 49.3 Å². The topological polar surface area (TPSA) is 72.9 Å². The molecule has 0 radical (unpaired) electrons. The minimum Gasteiger partial charge on any atom is -0.465 e. The number of benzene rings is 1. The minimum atomic E-state index is -0.482. The first-order chi connectivity index (χ1) is 11.5. The Morgan fingerprint density at radius 2 is 2.04 bits per heavy atom. The summed E-state index contributed by atoms with van der Waals surface area (Å²) in [6.07, 6.45) is 1.84. The van der Waals surface area contributed by atoms with Crippen LogP contribution in [0.1, 0.15) is 28.9 Å². The summed E-state index contributed by atoms with van der Waals surface area (Å²) in [5, 5.41) is 1.74. The van der Waals surface area contributed by atoms with Crippen LogP contribution >= 0.6 is 11.8 Å². The van der Waals surface area contributed by atoms with Gasteiger partial charge in [-0.25, -0.2) is 4.79 Å². The lowest BCUT2D eigenvalue weighted by molar-refractivity contribution is -0.152. The molecule has 0 aliphatic carbocycles. The van der Waals surface area contributed by atoms with E-state index in [1.54, 1.807) is 36.6 Å². The number of thioether (sulfide) groups is 1. The van der Waals surface area contributed by atoms with Crippen molar-refractivity contribution in [1.82, 2.24) is 4.90 Å². The average Bonchev–Trinajstić information content (AvgIpc) is 2.60. The van der Waals surface area contributed by atoms with E-state index in [0.717, 1.165) is 0 Å². The van der Waals surface area contributed by atoms with Gasteiger partial charge in [0.25, 0.3) is 5.91 Å². The Morgan fingerprint density at radius 3 is 2.67 bits per heavy atom. The van der Waals surface area contributed by atoms with E-state index in [0.29, 0.717) is 16.7 Å². The Hall–Kier alpha value is -2.28. The lowest BCUT2D eigenvalue weighted by Crippen LogP contribution is -2.51. The van der Waals surface area contributed by atoms with Crippen LogP contribution in [0.2, 0.25) is 0 Å². The van der Waals surface area contributed by atoms with E-state index < -0.39 is 18.0 Å². The summed E-state index contributed by atoms with van der Waals surface area (Å²) < 4.78 is 9.74. The average molecular weight is 349 g/mol. The van der Waals surface area contributed by atoms with Crippen molar-refractivity contribution in [2.75, 3.05) is 26.5 Å². The molecule has 128 valence electrons. The van der Waals surface area contributed by atoms with Crippen molar-refractivity contribution >= 4 is 29.6 Å². The first-order valence-corrected chi connectivity index (χ1v) is 8.70. The van der Waals surface area contributed by atoms with Crippen molar-refractivity contribution in [2.45, 2.75) is 13.0 Å². The molecule has 1 unspecified atom stereocenters. The monoisotopic (exact) mass is 349 g/mol. The van der Waals surface area contributed by atoms with Gasteiger partial charge in [-0.3, -0.25) is 9.59 Å². The SMILES string of the molecule is CCOC(=O)CN1C(=O)/C(=C/SC)C1c1ccccc1C(=O)OC. The van der Waals surface area contributed by atoms with Crippen LogP contribution < -0.4 is 0 Å². The number of carbonyl (C=O) groups is 3. The molecule has 6 nitrogen and oxygen atoms in total. The van der Waals surface area contributed by atoms with Gasteiger partial charge in [-0.05, 0) is 30.2 Å². The first-order valence-electron chi connectivity index (χ1n) is 7.41. The highest BCUT2D eigenvalue weighted by Crippen LogP contribution is 2.41. The number of esters is 2. The van der Waals surface area contributed by atoms with Crippen LogP contribution in [0, 0.1) is 0 Å². The smallest absolute Gasteiger partial charge is 0.338 e. The summed E-state index contributed by atoms with van der Waals surface area (Å²) in [6.45, 7) is 1.80. The van der Waals surface area contributed by atoms with Gasteiger partial charge in [-0.1, -0.05) is 18.2 Å². The maximum atomic E-state index is 12.3. The highest BCUT2D eigenvalue weighted by Gasteiger charge is 2.45. The third-order valence-corrected chi connectivity index (χ3v) is 4.11. The van der Waals surface area contributed by atoms with Crippen LogP contribution in [0.15, 0.2) is 35.2 Å². The minimum absolute atomic E-state index is 0.154. The number of β-lactam (4-membered cyclic amide) rings is 1. The van der Waals surface area contributed by atoms with Crippen molar-refractivity contribution < 1.29 is 23.9 Å². The number of carbonyl (C=O) groups excluding carboxylic acids is 3. The molecule has 1 aliphatic rings. The zero-order chi connectivity index (χ0) is 17.7. The van der Waals surface area contributed by atoms with Crippen molar-refractivity contribution in [3.05, 3.63) is 46.4 Å². The number of likely N-dealkylation sites (tertiary alicyclic amines) is 1. The van der Waals surface area contributed by atoms with Gasteiger partial charge in [-0.15, -0.1) is 11.8 Å². The molecule has 24 heavy (non-hydrogen) atoms. The molecule has 0 bridgehead atoms. The molecule has 0 aromatic heterocycles. The lowest BCUT2D eigenvalue weighted by Gasteiger charge is -2.42. The summed E-state index contributed by atoms with van der Waals surface area (Å²) in [4.78, 5) is 37.5. The second-order valence-corrected chi connectivity index (χ2v) is 5.74. The van der Waals surface area contributed by atoms with Crippen LogP contribution in [0.5, 0.6) is 0 Å². The molecule has 1 aromatic carbocycles. The van der Waals surface area contributed by atoms with Gasteiger partial charge < -0.3 is 14.4 Å². The van der Waals surface area contributed by atoms with E-state index in [1.807, 2.05) is 6.26 Å². The predicted octanol–water partition coefficient (Wildman–Crippen LogP) is 2.17. The molecular formula is C17H19NO5S. The number of hydrogen-bond acceptors (Lipinski definition) is 6. The second kappa shape index (κ2) is 8.01. The molecule has 1 aromatic rings. The quantitative estimate of drug-likeness (QED) is 0.445. The fourth-order valence-electron chi connectivity index (χ4n) is 2.62. The van der Waals surface area contributed by atoms with Gasteiger partial charge in [0.05, 0.1) is 30.9 Å². The van der Waals surface area contributed by atoms with Gasteiger partial charge in [0.1, 0.15) is 6.54 Å². The van der Waals surface area contributed by atoms with Crippen LogP contribution in [0.3, 0.4) is 0 Å². The summed E-state index contributed by atoms with van der Waals surface area (Å²) in [5.41, 5.74) is 1.55. The zero-order valence-electron chi connectivity index (χ0n) is 13.8. The highest BCUT2D eigenvalue weighted by molar-refractivity contribution is 8.01. The Bertz CT molecular complexity index is 685. The molecule has 1 atom stereocenters. The number of methoxy groups -OCH3 is 1. The third kappa shape index (κ3) is 3.46. The normalized spacial score (nSPS) is 18.3. The van der Waals surface area contributed by atoms with Gasteiger partial charge in [0.2, 0.25) is 0 Å². The molecule has 2 rings (SSSR count). The first kappa shape index (κ1) is 18.1. The number of amides is 1. The molecular weight excluding hydrogens is 330 g/mol. The Balaban J connectivity index is 2.39. The molecule has 0 saturated carbocycles. The lowest BCUT2D eigenvalue weighted by atomic mass is 9.86. The van der Waals surface area contributed by atoms with E-state index in [4.69, 9.17) is 9.47 Å². The standard InChI is InChI=1S/C17H19NO5S/c1-4-23-14(19)9-18-15(13(10-24-3)16(18)20)11-7-5-6-8-12(11)17(21)22-2/h5-8,10,15H,4,9H2,1-3H3/b13-10+. The molecule has 1 fully saturated rings. The summed E-state index contributed by atoms with van der Waals surface area (Å²) in [5.74, 6) is -1.19. The fraction of sp³-hybridized carbons (Fsp3) is 0.353. The van der Waals surface area contributed by atoms with Gasteiger partial charge in [-0.2, -0.15) is 0 Å². The molecule has 1 amide bonds. The number of ether oxygens (including phenoxy) is 2. The third-order valence-electron chi connectivity index (χ3n) is 3.62. The summed E-state index contributed by atoms with van der Waals surface area (Å²) >= 11 is 1.40. The summed E-state index contributed by atoms with van der Waals surface area (Å²) in [7, 11) is 1.31. The highest BCUT2D eigenvalue weighted by atomic mass is 32.2. The van der Waals surface area contributed by atoms with Crippen molar-refractivity contribution in [3.8, 4) is 0 Å². The maximum absolute atomic E-state index is 12.3. The molecule has 1 aliphatic heterocycles. The number of rotatable bonds is 6. The predicted molar refractivity (Wildman–Crippen MR) is 90.5 cm³/mol. The van der Waals surface area contributed by atoms with E-state index in [-0.39, 0.29) is 19.1 Å². The van der Waals surface area contributed by atoms with E-state index in [1.165, 1.54) is 23.8 Å². The van der Waals surface area contributed by atoms with Gasteiger partial charge >= 0.3 is 11.9 Å². The molecule has 0 N–H and O–H groups in total. The van der Waals surface area contributed by atoms with Crippen LogP contribution in [0.4, 0.5) is 0 Å². The van der Waals surface area contributed by atoms with E-state index in [2.05, 4.69) is 0 Å². The van der Waals surface area contributed by atoms with E-state index >= 15 is 0 Å². The fourth-order valence-corrected chi connectivity index (χ4v) is 3.10. The van der Waals surface area contributed by atoms with Gasteiger partial charge in [0.15, 0.2) is 0 Å². The Kier molecular flexibility index (Phi) is 6.03. The van der Waals surface area contributed by atoms with Crippen LogP contribution in [-0.2, 0) is 19.1 Å². The molecule has 0 spiro atoms. The zero-order valence-corrected chi connectivity index (χ0v) is 14.6. The molecule has 7 heteroatoms. The maximum Gasteiger partial charge on any atom is 0.338 e. The van der Waals surface area contributed by atoms with Crippen molar-refractivity contribution in [1.29, 1.82) is 0 Å². The Morgan fingerprint density at radius 1 is 1.33 bits per heavy atom. The summed E-state index contributed by atoms with van der Waals surface area (Å²) in [6, 6.07) is 6.44. The van der Waals surface area contributed by atoms with Crippen LogP contribution in [0.25, 0.3) is 0 Å². The number of hydrogen-bond donors (Lipinski definition) is 0. The van der Waals surface area contributed by atoms with Gasteiger partial charge in [0, 0.05) is 0 Å².